The second kappa shape index (κ2) is 6.72. The van der Waals surface area contributed by atoms with Crippen LogP contribution in [-0.4, -0.2) is 12.1 Å². The molecule has 0 unspecified atom stereocenters. The second-order valence-corrected chi connectivity index (χ2v) is 4.02. The maximum atomic E-state index is 5.62. The van der Waals surface area contributed by atoms with Crippen molar-refractivity contribution in [3.8, 4) is 5.75 Å². The first-order chi connectivity index (χ1) is 9.31. The van der Waals surface area contributed by atoms with Gasteiger partial charge in [0.05, 0.1) is 31.7 Å². The van der Waals surface area contributed by atoms with Gasteiger partial charge >= 0.3 is 0 Å². The number of nitrogens with one attached hydrogen (secondary N) is 1. The highest BCUT2D eigenvalue weighted by atomic mass is 16.5. The topological polar surface area (TPSA) is 69.4 Å². The normalized spacial score (nSPS) is 10.2. The summed E-state index contributed by atoms with van der Waals surface area (Å²) in [5, 5.41) is 0. The number of ether oxygens (including phenoxy) is 2. The van der Waals surface area contributed by atoms with Gasteiger partial charge in [0.25, 0.3) is 0 Å². The average molecular weight is 259 g/mol. The Morgan fingerprint density at radius 1 is 1.21 bits per heavy atom. The molecular formula is C14H17N3O2. The van der Waals surface area contributed by atoms with Gasteiger partial charge in [0.1, 0.15) is 5.75 Å². The van der Waals surface area contributed by atoms with E-state index in [0.29, 0.717) is 13.2 Å². The molecule has 0 saturated carbocycles. The third-order valence-electron chi connectivity index (χ3n) is 2.64. The Balaban J connectivity index is 1.88. The molecule has 5 nitrogen and oxygen atoms in total. The maximum absolute atomic E-state index is 5.62. The summed E-state index contributed by atoms with van der Waals surface area (Å²) in [6.07, 6.45) is 1.69. The SMILES string of the molecule is COc1cccc(COCc2cc(NN)ccn2)c1. The van der Waals surface area contributed by atoms with Crippen LogP contribution in [0.3, 0.4) is 0 Å². The Bertz CT molecular complexity index is 484. The third kappa shape index (κ3) is 3.94. The van der Waals surface area contributed by atoms with Crippen LogP contribution in [0.25, 0.3) is 0 Å². The molecule has 2 aromatic rings. The van der Waals surface area contributed by atoms with Gasteiger partial charge in [-0.25, -0.2) is 0 Å². The molecule has 2 rings (SSSR count). The molecule has 0 bridgehead atoms. The van der Waals surface area contributed by atoms with Crippen LogP contribution < -0.4 is 16.0 Å². The Morgan fingerprint density at radius 3 is 2.89 bits per heavy atom. The Hall–Kier alpha value is -2.11. The highest BCUT2D eigenvalue weighted by Gasteiger charge is 1.99. The summed E-state index contributed by atoms with van der Waals surface area (Å²) in [7, 11) is 1.65. The number of nitrogen functional groups attached to an aromatic ring is 1. The zero-order valence-corrected chi connectivity index (χ0v) is 10.8. The van der Waals surface area contributed by atoms with Crippen LogP contribution in [0.2, 0.25) is 0 Å². The van der Waals surface area contributed by atoms with Crippen LogP contribution in [0.1, 0.15) is 11.3 Å². The lowest BCUT2D eigenvalue weighted by atomic mass is 10.2. The molecule has 0 aliphatic heterocycles. The number of hydrogen-bond donors (Lipinski definition) is 2. The van der Waals surface area contributed by atoms with Gasteiger partial charge in [0, 0.05) is 6.20 Å². The van der Waals surface area contributed by atoms with E-state index >= 15 is 0 Å². The summed E-state index contributed by atoms with van der Waals surface area (Å²) in [5.74, 6) is 6.17. The van der Waals surface area contributed by atoms with Crippen molar-refractivity contribution in [2.45, 2.75) is 13.2 Å². The summed E-state index contributed by atoms with van der Waals surface area (Å²) >= 11 is 0. The van der Waals surface area contributed by atoms with Crippen molar-refractivity contribution in [1.29, 1.82) is 0 Å². The standard InChI is InChI=1S/C14H17N3O2/c1-18-14-4-2-3-11(7-14)9-19-10-13-8-12(17-15)5-6-16-13/h2-8H,9-10,15H2,1H3,(H,16,17). The summed E-state index contributed by atoms with van der Waals surface area (Å²) in [5.41, 5.74) is 5.29. The van der Waals surface area contributed by atoms with E-state index in [1.54, 1.807) is 19.4 Å². The number of anilines is 1. The van der Waals surface area contributed by atoms with Gasteiger partial charge < -0.3 is 14.9 Å². The quantitative estimate of drug-likeness (QED) is 0.614. The van der Waals surface area contributed by atoms with Crippen LogP contribution in [0.4, 0.5) is 5.69 Å². The molecule has 0 atom stereocenters. The lowest BCUT2D eigenvalue weighted by Gasteiger charge is -2.07. The molecule has 0 saturated heterocycles. The van der Waals surface area contributed by atoms with Gasteiger partial charge in [-0.3, -0.25) is 10.8 Å². The Kier molecular flexibility index (Phi) is 4.72. The molecule has 0 aliphatic carbocycles. The fraction of sp³-hybridized carbons (Fsp3) is 0.214. The highest BCUT2D eigenvalue weighted by Crippen LogP contribution is 2.14. The maximum Gasteiger partial charge on any atom is 0.119 e. The molecule has 19 heavy (non-hydrogen) atoms. The van der Waals surface area contributed by atoms with E-state index in [-0.39, 0.29) is 0 Å². The molecule has 1 aromatic heterocycles. The molecule has 0 amide bonds. The van der Waals surface area contributed by atoms with E-state index in [0.717, 1.165) is 22.7 Å². The van der Waals surface area contributed by atoms with Gasteiger partial charge in [0.2, 0.25) is 0 Å². The number of nitrogens with zero attached hydrogens (tertiary/aromatic N) is 1. The van der Waals surface area contributed by atoms with Crippen LogP contribution >= 0.6 is 0 Å². The fourth-order valence-electron chi connectivity index (χ4n) is 1.68. The predicted octanol–water partition coefficient (Wildman–Crippen LogP) is 2.09. The van der Waals surface area contributed by atoms with Crippen molar-refractivity contribution >= 4 is 5.69 Å². The number of rotatable bonds is 6. The molecule has 1 aromatic carbocycles. The lowest BCUT2D eigenvalue weighted by Crippen LogP contribution is -2.07. The van der Waals surface area contributed by atoms with Crippen molar-refractivity contribution in [2.75, 3.05) is 12.5 Å². The molecule has 0 radical (unpaired) electrons. The van der Waals surface area contributed by atoms with Crippen LogP contribution in [0.5, 0.6) is 5.75 Å². The first-order valence-corrected chi connectivity index (χ1v) is 5.94. The largest absolute Gasteiger partial charge is 0.497 e. The van der Waals surface area contributed by atoms with Crippen molar-refractivity contribution in [3.63, 3.8) is 0 Å². The second-order valence-electron chi connectivity index (χ2n) is 4.02. The number of benzene rings is 1. The van der Waals surface area contributed by atoms with Crippen molar-refractivity contribution in [2.24, 2.45) is 5.84 Å². The number of methoxy groups -OCH3 is 1. The van der Waals surface area contributed by atoms with Gasteiger partial charge in [-0.1, -0.05) is 12.1 Å². The molecule has 3 N–H and O–H groups in total. The highest BCUT2D eigenvalue weighted by molar-refractivity contribution is 5.41. The summed E-state index contributed by atoms with van der Waals surface area (Å²) in [6.45, 7) is 0.950. The average Bonchev–Trinajstić information content (AvgIpc) is 2.48. The van der Waals surface area contributed by atoms with E-state index in [1.165, 1.54) is 0 Å². The number of pyridine rings is 1. The Labute approximate surface area is 112 Å². The molecule has 0 fully saturated rings. The number of hydrazine groups is 1. The van der Waals surface area contributed by atoms with E-state index in [2.05, 4.69) is 10.4 Å². The lowest BCUT2D eigenvalue weighted by molar-refractivity contribution is 0.104. The smallest absolute Gasteiger partial charge is 0.119 e. The number of nitrogens with two attached hydrogens (primary N) is 1. The van der Waals surface area contributed by atoms with Crippen molar-refractivity contribution in [3.05, 3.63) is 53.9 Å². The van der Waals surface area contributed by atoms with Gasteiger partial charge in [-0.2, -0.15) is 0 Å². The number of aromatic nitrogens is 1. The molecule has 1 heterocycles. The summed E-state index contributed by atoms with van der Waals surface area (Å²) in [4.78, 5) is 4.21. The first kappa shape index (κ1) is 13.3. The minimum atomic E-state index is 0.437. The first-order valence-electron chi connectivity index (χ1n) is 5.94. The summed E-state index contributed by atoms with van der Waals surface area (Å²) < 4.78 is 10.8. The van der Waals surface area contributed by atoms with Crippen LogP contribution in [0.15, 0.2) is 42.6 Å². The van der Waals surface area contributed by atoms with Gasteiger partial charge in [0.15, 0.2) is 0 Å². The zero-order chi connectivity index (χ0) is 13.5. The summed E-state index contributed by atoms with van der Waals surface area (Å²) in [6, 6.07) is 11.4. The van der Waals surface area contributed by atoms with E-state index in [9.17, 15) is 0 Å². The Morgan fingerprint density at radius 2 is 2.11 bits per heavy atom. The van der Waals surface area contributed by atoms with Crippen LogP contribution in [0, 0.1) is 0 Å². The molecule has 5 heteroatoms. The van der Waals surface area contributed by atoms with Crippen molar-refractivity contribution in [1.82, 2.24) is 4.98 Å². The molecule has 100 valence electrons. The molecule has 0 spiro atoms. The van der Waals surface area contributed by atoms with Crippen LogP contribution in [-0.2, 0) is 18.0 Å². The van der Waals surface area contributed by atoms with E-state index < -0.39 is 0 Å². The monoisotopic (exact) mass is 259 g/mol. The molecular weight excluding hydrogens is 242 g/mol. The molecule has 0 aliphatic rings. The van der Waals surface area contributed by atoms with E-state index in [1.807, 2.05) is 30.3 Å². The number of hydrogen-bond acceptors (Lipinski definition) is 5. The minimum Gasteiger partial charge on any atom is -0.497 e. The van der Waals surface area contributed by atoms with Gasteiger partial charge in [-0.05, 0) is 29.8 Å². The van der Waals surface area contributed by atoms with Gasteiger partial charge in [-0.15, -0.1) is 0 Å². The fourth-order valence-corrected chi connectivity index (χ4v) is 1.68. The minimum absolute atomic E-state index is 0.437. The van der Waals surface area contributed by atoms with E-state index in [4.69, 9.17) is 15.3 Å². The predicted molar refractivity (Wildman–Crippen MR) is 73.5 cm³/mol. The zero-order valence-electron chi connectivity index (χ0n) is 10.8. The third-order valence-corrected chi connectivity index (χ3v) is 2.64. The van der Waals surface area contributed by atoms with Crippen molar-refractivity contribution < 1.29 is 9.47 Å².